The summed E-state index contributed by atoms with van der Waals surface area (Å²) in [6, 6.07) is 15.2. The maximum absolute atomic E-state index is 5.74. The van der Waals surface area contributed by atoms with E-state index in [1.807, 2.05) is 48.5 Å². The fraction of sp³-hybridized carbons (Fsp3) is 0.125. The number of thiocarbonyl (C=S) groups is 1. The molecular weight excluding hydrogens is 378 g/mol. The van der Waals surface area contributed by atoms with Crippen molar-refractivity contribution >= 4 is 39.5 Å². The smallest absolute Gasteiger partial charge is 0.184 e. The summed E-state index contributed by atoms with van der Waals surface area (Å²) in [4.78, 5) is 0. The highest BCUT2D eigenvalue weighted by molar-refractivity contribution is 9.10. The molecule has 0 fully saturated rings. The first-order valence-electron chi connectivity index (χ1n) is 6.84. The molecular formula is C16H16BrN3O2S. The third-order valence-electron chi connectivity index (χ3n) is 2.70. The summed E-state index contributed by atoms with van der Waals surface area (Å²) in [5.41, 5.74) is 8.63. The highest BCUT2D eigenvalue weighted by Crippen LogP contribution is 2.21. The van der Waals surface area contributed by atoms with Crippen LogP contribution in [0, 0.1) is 0 Å². The van der Waals surface area contributed by atoms with E-state index in [9.17, 15) is 0 Å². The van der Waals surface area contributed by atoms with Gasteiger partial charge < -0.3 is 15.2 Å². The van der Waals surface area contributed by atoms with Crippen molar-refractivity contribution in [2.75, 3.05) is 13.2 Å². The standard InChI is InChI=1S/C16H16BrN3O2S/c17-13-6-7-15(12(10-13)11-19-20-16(18)23)22-9-8-21-14-4-2-1-3-5-14/h1-7,10-11H,8-9H2,(H3,18,20,23)/b19-11+. The average molecular weight is 394 g/mol. The highest BCUT2D eigenvalue weighted by Gasteiger charge is 2.03. The second kappa shape index (κ2) is 9.12. The lowest BCUT2D eigenvalue weighted by molar-refractivity contribution is 0.217. The van der Waals surface area contributed by atoms with Crippen molar-refractivity contribution in [1.29, 1.82) is 0 Å². The number of ether oxygens (including phenoxy) is 2. The Kier molecular flexibility index (Phi) is 6.83. The molecule has 0 amide bonds. The third-order valence-corrected chi connectivity index (χ3v) is 3.29. The minimum absolute atomic E-state index is 0.106. The summed E-state index contributed by atoms with van der Waals surface area (Å²) >= 11 is 8.11. The summed E-state index contributed by atoms with van der Waals surface area (Å²) in [6.07, 6.45) is 1.59. The molecule has 0 unspecified atom stereocenters. The van der Waals surface area contributed by atoms with Gasteiger partial charge in [0.2, 0.25) is 0 Å². The lowest BCUT2D eigenvalue weighted by Crippen LogP contribution is -2.24. The number of hydrogen-bond acceptors (Lipinski definition) is 4. The first kappa shape index (κ1) is 17.2. The highest BCUT2D eigenvalue weighted by atomic mass is 79.9. The van der Waals surface area contributed by atoms with Crippen LogP contribution in [0.5, 0.6) is 11.5 Å². The molecule has 0 aliphatic heterocycles. The van der Waals surface area contributed by atoms with Gasteiger partial charge in [-0.2, -0.15) is 5.10 Å². The molecule has 0 heterocycles. The fourth-order valence-electron chi connectivity index (χ4n) is 1.74. The molecule has 0 aromatic heterocycles. The van der Waals surface area contributed by atoms with E-state index in [2.05, 4.69) is 26.5 Å². The Morgan fingerprint density at radius 2 is 1.91 bits per heavy atom. The summed E-state index contributed by atoms with van der Waals surface area (Å²) < 4.78 is 12.3. The molecule has 7 heteroatoms. The summed E-state index contributed by atoms with van der Waals surface area (Å²) in [7, 11) is 0. The minimum atomic E-state index is 0.106. The topological polar surface area (TPSA) is 68.9 Å². The predicted octanol–water partition coefficient (Wildman–Crippen LogP) is 3.07. The van der Waals surface area contributed by atoms with E-state index in [4.69, 9.17) is 27.4 Å². The van der Waals surface area contributed by atoms with E-state index in [0.29, 0.717) is 19.0 Å². The van der Waals surface area contributed by atoms with Crippen molar-refractivity contribution in [1.82, 2.24) is 5.43 Å². The first-order valence-corrected chi connectivity index (χ1v) is 8.04. The largest absolute Gasteiger partial charge is 0.490 e. The number of nitrogens with two attached hydrogens (primary N) is 1. The summed E-state index contributed by atoms with van der Waals surface area (Å²) in [6.45, 7) is 0.863. The predicted molar refractivity (Wildman–Crippen MR) is 99.1 cm³/mol. The van der Waals surface area contributed by atoms with Gasteiger partial charge in [-0.1, -0.05) is 34.1 Å². The van der Waals surface area contributed by atoms with E-state index in [0.717, 1.165) is 15.8 Å². The Morgan fingerprint density at radius 1 is 1.17 bits per heavy atom. The average Bonchev–Trinajstić information content (AvgIpc) is 2.54. The van der Waals surface area contributed by atoms with Gasteiger partial charge >= 0.3 is 0 Å². The molecule has 2 rings (SSSR count). The van der Waals surface area contributed by atoms with Crippen LogP contribution in [-0.2, 0) is 0 Å². The molecule has 2 aromatic carbocycles. The maximum atomic E-state index is 5.74. The van der Waals surface area contributed by atoms with Crippen LogP contribution in [0.1, 0.15) is 5.56 Å². The maximum Gasteiger partial charge on any atom is 0.184 e. The van der Waals surface area contributed by atoms with E-state index >= 15 is 0 Å². The zero-order chi connectivity index (χ0) is 16.5. The molecule has 2 aromatic rings. The van der Waals surface area contributed by atoms with Crippen LogP contribution in [0.15, 0.2) is 58.1 Å². The van der Waals surface area contributed by atoms with Gasteiger partial charge in [0.1, 0.15) is 24.7 Å². The molecule has 3 N–H and O–H groups in total. The summed E-state index contributed by atoms with van der Waals surface area (Å²) in [5.74, 6) is 1.51. The molecule has 120 valence electrons. The molecule has 0 saturated carbocycles. The molecule has 23 heavy (non-hydrogen) atoms. The van der Waals surface area contributed by atoms with Gasteiger partial charge in [-0.05, 0) is 42.5 Å². The first-order chi connectivity index (χ1) is 11.1. The van der Waals surface area contributed by atoms with Gasteiger partial charge in [-0.25, -0.2) is 0 Å². The Morgan fingerprint density at radius 3 is 2.65 bits per heavy atom. The lowest BCUT2D eigenvalue weighted by atomic mass is 10.2. The normalized spacial score (nSPS) is 10.5. The number of nitrogens with one attached hydrogen (secondary N) is 1. The Hall–Kier alpha value is -2.12. The van der Waals surface area contributed by atoms with Gasteiger partial charge in [0.25, 0.3) is 0 Å². The van der Waals surface area contributed by atoms with Crippen LogP contribution in [-0.4, -0.2) is 24.5 Å². The Balaban J connectivity index is 1.91. The SMILES string of the molecule is NC(=S)N/N=C/c1cc(Br)ccc1OCCOc1ccccc1. The summed E-state index contributed by atoms with van der Waals surface area (Å²) in [5, 5.41) is 4.05. The number of nitrogens with zero attached hydrogens (tertiary/aromatic N) is 1. The van der Waals surface area contributed by atoms with Crippen LogP contribution < -0.4 is 20.6 Å². The Labute approximate surface area is 148 Å². The molecule has 0 aliphatic rings. The van der Waals surface area contributed by atoms with Gasteiger partial charge in [-0.15, -0.1) is 0 Å². The van der Waals surface area contributed by atoms with Crippen LogP contribution in [0.2, 0.25) is 0 Å². The van der Waals surface area contributed by atoms with E-state index < -0.39 is 0 Å². The molecule has 5 nitrogen and oxygen atoms in total. The molecule has 0 bridgehead atoms. The number of para-hydroxylation sites is 1. The van der Waals surface area contributed by atoms with Crippen LogP contribution >= 0.6 is 28.1 Å². The number of benzene rings is 2. The van der Waals surface area contributed by atoms with Gasteiger partial charge in [-0.3, -0.25) is 5.43 Å². The van der Waals surface area contributed by atoms with E-state index in [1.54, 1.807) is 6.21 Å². The van der Waals surface area contributed by atoms with Gasteiger partial charge in [0.05, 0.1) is 6.21 Å². The number of rotatable bonds is 7. The molecule has 0 saturated heterocycles. The second-order valence-corrected chi connectivity index (χ2v) is 5.78. The molecule has 0 spiro atoms. The number of halogens is 1. The quantitative estimate of drug-likeness (QED) is 0.327. The number of hydrazone groups is 1. The zero-order valence-electron chi connectivity index (χ0n) is 12.2. The minimum Gasteiger partial charge on any atom is -0.490 e. The molecule has 0 atom stereocenters. The van der Waals surface area contributed by atoms with E-state index in [1.165, 1.54) is 0 Å². The fourth-order valence-corrected chi connectivity index (χ4v) is 2.18. The molecule has 0 radical (unpaired) electrons. The number of hydrogen-bond donors (Lipinski definition) is 2. The van der Waals surface area contributed by atoms with Crippen molar-refractivity contribution in [2.45, 2.75) is 0 Å². The van der Waals surface area contributed by atoms with Crippen molar-refractivity contribution in [3.05, 3.63) is 58.6 Å². The third kappa shape index (κ3) is 6.25. The van der Waals surface area contributed by atoms with Crippen molar-refractivity contribution < 1.29 is 9.47 Å². The van der Waals surface area contributed by atoms with Crippen LogP contribution in [0.25, 0.3) is 0 Å². The van der Waals surface area contributed by atoms with Gasteiger partial charge in [0, 0.05) is 10.0 Å². The van der Waals surface area contributed by atoms with E-state index in [-0.39, 0.29) is 5.11 Å². The zero-order valence-corrected chi connectivity index (χ0v) is 14.6. The monoisotopic (exact) mass is 393 g/mol. The van der Waals surface area contributed by atoms with Crippen molar-refractivity contribution in [3.8, 4) is 11.5 Å². The Bertz CT molecular complexity index is 680. The van der Waals surface area contributed by atoms with Gasteiger partial charge in [0.15, 0.2) is 5.11 Å². The van der Waals surface area contributed by atoms with Crippen LogP contribution in [0.3, 0.4) is 0 Å². The lowest BCUT2D eigenvalue weighted by Gasteiger charge is -2.10. The van der Waals surface area contributed by atoms with Crippen LogP contribution in [0.4, 0.5) is 0 Å². The second-order valence-electron chi connectivity index (χ2n) is 4.43. The van der Waals surface area contributed by atoms with Crippen molar-refractivity contribution in [3.63, 3.8) is 0 Å². The molecule has 0 aliphatic carbocycles. The van der Waals surface area contributed by atoms with Crippen molar-refractivity contribution in [2.24, 2.45) is 10.8 Å².